The third kappa shape index (κ3) is 2.65. The number of hydrogen-bond donors (Lipinski definition) is 2. The number of para-hydroxylation sites is 1. The lowest BCUT2D eigenvalue weighted by Crippen LogP contribution is -2.27. The van der Waals surface area contributed by atoms with Crippen LogP contribution in [0.2, 0.25) is 0 Å². The van der Waals surface area contributed by atoms with Gasteiger partial charge in [0.25, 0.3) is 5.91 Å². The lowest BCUT2D eigenvalue weighted by atomic mass is 10.1. The van der Waals surface area contributed by atoms with E-state index in [-0.39, 0.29) is 11.9 Å². The first-order valence-electron chi connectivity index (χ1n) is 5.36. The Morgan fingerprint density at radius 3 is 2.76 bits per heavy atom. The summed E-state index contributed by atoms with van der Waals surface area (Å²) in [6.45, 7) is 1.96. The van der Waals surface area contributed by atoms with Gasteiger partial charge >= 0.3 is 0 Å². The van der Waals surface area contributed by atoms with Crippen LogP contribution in [0.25, 0.3) is 0 Å². The lowest BCUT2D eigenvalue weighted by Gasteiger charge is -2.13. The Bertz CT molecular complexity index is 508. The summed E-state index contributed by atoms with van der Waals surface area (Å²) in [7, 11) is 0. The number of amides is 1. The second-order valence-electron chi connectivity index (χ2n) is 3.84. The highest BCUT2D eigenvalue weighted by Crippen LogP contribution is 2.17. The molecule has 1 aromatic heterocycles. The molecule has 2 aromatic rings. The molecule has 1 heterocycles. The standard InChI is InChI=1S/C13H14N2OS/c1-9(10-6-7-17-8-10)15-13(16)11-4-2-3-5-12(11)14/h2-9H,14H2,1H3,(H,15,16). The predicted molar refractivity (Wildman–Crippen MR) is 71.1 cm³/mol. The number of thiophene rings is 1. The van der Waals surface area contributed by atoms with Gasteiger partial charge in [-0.15, -0.1) is 0 Å². The smallest absolute Gasteiger partial charge is 0.253 e. The van der Waals surface area contributed by atoms with Crippen LogP contribution in [0.3, 0.4) is 0 Å². The largest absolute Gasteiger partial charge is 0.398 e. The van der Waals surface area contributed by atoms with Crippen LogP contribution < -0.4 is 11.1 Å². The Morgan fingerprint density at radius 2 is 2.12 bits per heavy atom. The van der Waals surface area contributed by atoms with Crippen LogP contribution in [0.4, 0.5) is 5.69 Å². The monoisotopic (exact) mass is 246 g/mol. The number of carbonyl (C=O) groups is 1. The maximum atomic E-state index is 12.0. The molecule has 1 aromatic carbocycles. The van der Waals surface area contributed by atoms with E-state index in [4.69, 9.17) is 5.73 Å². The molecule has 1 unspecified atom stereocenters. The maximum Gasteiger partial charge on any atom is 0.253 e. The van der Waals surface area contributed by atoms with Crippen molar-refractivity contribution in [3.8, 4) is 0 Å². The van der Waals surface area contributed by atoms with Crippen molar-refractivity contribution in [2.75, 3.05) is 5.73 Å². The highest BCUT2D eigenvalue weighted by atomic mass is 32.1. The van der Waals surface area contributed by atoms with E-state index in [0.29, 0.717) is 11.3 Å². The molecule has 4 heteroatoms. The second-order valence-corrected chi connectivity index (χ2v) is 4.62. The Balaban J connectivity index is 2.10. The van der Waals surface area contributed by atoms with Gasteiger partial charge in [-0.25, -0.2) is 0 Å². The third-order valence-corrected chi connectivity index (χ3v) is 3.30. The zero-order valence-corrected chi connectivity index (χ0v) is 10.3. The average molecular weight is 246 g/mol. The van der Waals surface area contributed by atoms with Crippen LogP contribution >= 0.6 is 11.3 Å². The highest BCUT2D eigenvalue weighted by molar-refractivity contribution is 7.07. The van der Waals surface area contributed by atoms with Crippen LogP contribution in [-0.4, -0.2) is 5.91 Å². The molecule has 0 fully saturated rings. The summed E-state index contributed by atoms with van der Waals surface area (Å²) in [6.07, 6.45) is 0. The number of carbonyl (C=O) groups excluding carboxylic acids is 1. The fourth-order valence-corrected chi connectivity index (χ4v) is 2.34. The summed E-state index contributed by atoms with van der Waals surface area (Å²) < 4.78 is 0. The van der Waals surface area contributed by atoms with Gasteiger partial charge in [0.1, 0.15) is 0 Å². The van der Waals surface area contributed by atoms with Crippen molar-refractivity contribution in [1.82, 2.24) is 5.32 Å². The molecule has 0 aliphatic carbocycles. The van der Waals surface area contributed by atoms with E-state index in [1.807, 2.05) is 29.8 Å². The number of nitrogens with one attached hydrogen (secondary N) is 1. The van der Waals surface area contributed by atoms with Gasteiger partial charge in [0, 0.05) is 5.69 Å². The summed E-state index contributed by atoms with van der Waals surface area (Å²) in [5.41, 5.74) is 7.89. The first-order valence-corrected chi connectivity index (χ1v) is 6.30. The minimum atomic E-state index is -0.137. The summed E-state index contributed by atoms with van der Waals surface area (Å²) in [5.74, 6) is -0.137. The van der Waals surface area contributed by atoms with E-state index in [2.05, 4.69) is 5.32 Å². The van der Waals surface area contributed by atoms with Crippen LogP contribution in [0.15, 0.2) is 41.1 Å². The van der Waals surface area contributed by atoms with Gasteiger partial charge in [0.05, 0.1) is 11.6 Å². The number of nitrogen functional groups attached to an aromatic ring is 1. The maximum absolute atomic E-state index is 12.0. The molecule has 0 bridgehead atoms. The van der Waals surface area contributed by atoms with E-state index in [0.717, 1.165) is 5.56 Å². The summed E-state index contributed by atoms with van der Waals surface area (Å²) in [5, 5.41) is 6.95. The molecule has 1 amide bonds. The second kappa shape index (κ2) is 5.01. The first-order chi connectivity index (χ1) is 8.18. The predicted octanol–water partition coefficient (Wildman–Crippen LogP) is 2.82. The molecule has 0 radical (unpaired) electrons. The molecule has 0 saturated carbocycles. The quantitative estimate of drug-likeness (QED) is 0.818. The zero-order chi connectivity index (χ0) is 12.3. The molecule has 0 saturated heterocycles. The van der Waals surface area contributed by atoms with E-state index in [9.17, 15) is 4.79 Å². The molecule has 3 N–H and O–H groups in total. The van der Waals surface area contributed by atoms with Crippen molar-refractivity contribution in [1.29, 1.82) is 0 Å². The fraction of sp³-hybridized carbons (Fsp3) is 0.154. The molecule has 2 rings (SSSR count). The molecule has 0 aliphatic rings. The molecule has 17 heavy (non-hydrogen) atoms. The first kappa shape index (κ1) is 11.7. The van der Waals surface area contributed by atoms with Crippen LogP contribution in [0.1, 0.15) is 28.9 Å². The van der Waals surface area contributed by atoms with Gasteiger partial charge in [0.15, 0.2) is 0 Å². The van der Waals surface area contributed by atoms with Crippen LogP contribution in [0, 0.1) is 0 Å². The molecule has 0 aliphatic heterocycles. The van der Waals surface area contributed by atoms with Crippen molar-refractivity contribution in [3.63, 3.8) is 0 Å². The minimum absolute atomic E-state index is 0.00615. The molecule has 0 spiro atoms. The van der Waals surface area contributed by atoms with E-state index in [1.165, 1.54) is 0 Å². The Labute approximate surface area is 104 Å². The third-order valence-electron chi connectivity index (χ3n) is 2.60. The zero-order valence-electron chi connectivity index (χ0n) is 9.51. The number of hydrogen-bond acceptors (Lipinski definition) is 3. The van der Waals surface area contributed by atoms with Gasteiger partial charge in [-0.05, 0) is 41.4 Å². The van der Waals surface area contributed by atoms with E-state index in [1.54, 1.807) is 29.5 Å². The number of rotatable bonds is 3. The average Bonchev–Trinajstić information content (AvgIpc) is 2.82. The Morgan fingerprint density at radius 1 is 1.35 bits per heavy atom. The molecular weight excluding hydrogens is 232 g/mol. The van der Waals surface area contributed by atoms with Crippen molar-refractivity contribution in [3.05, 3.63) is 52.2 Å². The van der Waals surface area contributed by atoms with Gasteiger partial charge < -0.3 is 11.1 Å². The molecule has 88 valence electrons. The number of anilines is 1. The number of benzene rings is 1. The van der Waals surface area contributed by atoms with Crippen LogP contribution in [0.5, 0.6) is 0 Å². The van der Waals surface area contributed by atoms with Crippen molar-refractivity contribution in [2.24, 2.45) is 0 Å². The van der Waals surface area contributed by atoms with Crippen molar-refractivity contribution < 1.29 is 4.79 Å². The molecule has 1 atom stereocenters. The molecule has 3 nitrogen and oxygen atoms in total. The normalized spacial score (nSPS) is 12.1. The van der Waals surface area contributed by atoms with Crippen molar-refractivity contribution >= 4 is 22.9 Å². The summed E-state index contributed by atoms with van der Waals surface area (Å²) in [6, 6.07) is 9.07. The lowest BCUT2D eigenvalue weighted by molar-refractivity contribution is 0.0941. The van der Waals surface area contributed by atoms with Crippen LogP contribution in [-0.2, 0) is 0 Å². The summed E-state index contributed by atoms with van der Waals surface area (Å²) >= 11 is 1.62. The van der Waals surface area contributed by atoms with E-state index >= 15 is 0 Å². The van der Waals surface area contributed by atoms with Gasteiger partial charge in [-0.3, -0.25) is 4.79 Å². The topological polar surface area (TPSA) is 55.1 Å². The highest BCUT2D eigenvalue weighted by Gasteiger charge is 2.13. The Hall–Kier alpha value is -1.81. The SMILES string of the molecule is CC(NC(=O)c1ccccc1N)c1ccsc1. The Kier molecular flexibility index (Phi) is 3.44. The molecular formula is C13H14N2OS. The summed E-state index contributed by atoms with van der Waals surface area (Å²) in [4.78, 5) is 12.0. The van der Waals surface area contributed by atoms with Gasteiger partial charge in [-0.1, -0.05) is 12.1 Å². The van der Waals surface area contributed by atoms with E-state index < -0.39 is 0 Å². The van der Waals surface area contributed by atoms with Gasteiger partial charge in [0.2, 0.25) is 0 Å². The number of nitrogens with two attached hydrogens (primary N) is 1. The van der Waals surface area contributed by atoms with Crippen molar-refractivity contribution in [2.45, 2.75) is 13.0 Å². The fourth-order valence-electron chi connectivity index (χ4n) is 1.58. The minimum Gasteiger partial charge on any atom is -0.398 e. The van der Waals surface area contributed by atoms with Gasteiger partial charge in [-0.2, -0.15) is 11.3 Å².